The fourth-order valence-electron chi connectivity index (χ4n) is 3.65. The van der Waals surface area contributed by atoms with Crippen molar-refractivity contribution in [3.05, 3.63) is 99.1 Å². The highest BCUT2D eigenvalue weighted by Gasteiger charge is 2.20. The third-order valence-corrected chi connectivity index (χ3v) is 5.66. The molecule has 2 N–H and O–H groups in total. The average Bonchev–Trinajstić information content (AvgIpc) is 3.26. The highest BCUT2D eigenvalue weighted by atomic mass is 35.5. The van der Waals surface area contributed by atoms with Gasteiger partial charge in [-0.25, -0.2) is 9.97 Å². The number of halogens is 1. The van der Waals surface area contributed by atoms with Crippen LogP contribution in [0.25, 0.3) is 28.1 Å². The number of pyridine rings is 1. The third kappa shape index (κ3) is 4.14. The fraction of sp³-hybridized carbons (Fsp3) is 0.0400. The van der Waals surface area contributed by atoms with Gasteiger partial charge in [0.2, 0.25) is 0 Å². The fourth-order valence-corrected chi connectivity index (χ4v) is 3.78. The summed E-state index contributed by atoms with van der Waals surface area (Å²) in [5.74, 6) is 0.0722. The number of nitriles is 1. The molecule has 0 aliphatic heterocycles. The van der Waals surface area contributed by atoms with Crippen LogP contribution < -0.4 is 10.9 Å². The number of carbonyl (C=O) groups excluding carboxylic acids is 1. The molecule has 0 atom stereocenters. The quantitative estimate of drug-likeness (QED) is 0.394. The number of aromatic amines is 1. The van der Waals surface area contributed by atoms with Crippen LogP contribution in [-0.4, -0.2) is 30.6 Å². The molecule has 0 saturated heterocycles. The highest BCUT2D eigenvalue weighted by Crippen LogP contribution is 2.24. The lowest BCUT2D eigenvalue weighted by molar-refractivity contribution is 0.102. The van der Waals surface area contributed by atoms with Crippen molar-refractivity contribution in [2.24, 2.45) is 0 Å². The van der Waals surface area contributed by atoms with E-state index in [2.05, 4.69) is 25.4 Å². The van der Waals surface area contributed by atoms with Crippen molar-refractivity contribution >= 4 is 34.2 Å². The zero-order valence-corrected chi connectivity index (χ0v) is 19.0. The molecular formula is C25H16ClN7O2. The molecule has 5 rings (SSSR count). The van der Waals surface area contributed by atoms with Gasteiger partial charge in [0.05, 0.1) is 11.7 Å². The van der Waals surface area contributed by atoms with Crippen molar-refractivity contribution in [3.63, 3.8) is 0 Å². The Morgan fingerprint density at radius 1 is 1.14 bits per heavy atom. The predicted molar refractivity (Wildman–Crippen MR) is 132 cm³/mol. The number of aromatic nitrogens is 5. The second-order valence-corrected chi connectivity index (χ2v) is 8.12. The maximum Gasteiger partial charge on any atom is 0.264 e. The number of amides is 1. The van der Waals surface area contributed by atoms with E-state index in [4.69, 9.17) is 11.6 Å². The molecule has 2 aromatic carbocycles. The molecular weight excluding hydrogens is 466 g/mol. The lowest BCUT2D eigenvalue weighted by atomic mass is 10.1. The van der Waals surface area contributed by atoms with Gasteiger partial charge in [-0.3, -0.25) is 9.59 Å². The van der Waals surface area contributed by atoms with Gasteiger partial charge in [-0.15, -0.1) is 0 Å². The highest BCUT2D eigenvalue weighted by molar-refractivity contribution is 6.30. The summed E-state index contributed by atoms with van der Waals surface area (Å²) in [6, 6.07) is 18.2. The maximum atomic E-state index is 13.0. The van der Waals surface area contributed by atoms with Crippen molar-refractivity contribution in [1.82, 2.24) is 24.7 Å². The van der Waals surface area contributed by atoms with Gasteiger partial charge in [0.1, 0.15) is 23.0 Å². The normalized spacial score (nSPS) is 10.8. The molecule has 0 radical (unpaired) electrons. The molecule has 0 aliphatic carbocycles. The van der Waals surface area contributed by atoms with Gasteiger partial charge in [0, 0.05) is 22.2 Å². The Balaban J connectivity index is 1.50. The number of rotatable bonds is 4. The van der Waals surface area contributed by atoms with Gasteiger partial charge in [0.15, 0.2) is 11.6 Å². The van der Waals surface area contributed by atoms with Gasteiger partial charge in [0.25, 0.3) is 11.5 Å². The summed E-state index contributed by atoms with van der Waals surface area (Å²) in [6.45, 7) is 1.94. The summed E-state index contributed by atoms with van der Waals surface area (Å²) < 4.78 is 1.36. The van der Waals surface area contributed by atoms with E-state index in [0.717, 1.165) is 16.5 Å². The van der Waals surface area contributed by atoms with E-state index in [9.17, 15) is 14.9 Å². The topological polar surface area (TPSA) is 129 Å². The zero-order valence-electron chi connectivity index (χ0n) is 18.3. The van der Waals surface area contributed by atoms with Crippen LogP contribution in [0, 0.1) is 18.3 Å². The summed E-state index contributed by atoms with van der Waals surface area (Å²) in [4.78, 5) is 37.1. The summed E-state index contributed by atoms with van der Waals surface area (Å²) in [5.41, 5.74) is 1.60. The first kappa shape index (κ1) is 22.0. The van der Waals surface area contributed by atoms with Crippen LogP contribution in [0.3, 0.4) is 0 Å². The zero-order chi connectivity index (χ0) is 24.5. The van der Waals surface area contributed by atoms with E-state index in [1.807, 2.05) is 37.3 Å². The van der Waals surface area contributed by atoms with Crippen molar-refractivity contribution in [1.29, 1.82) is 5.26 Å². The molecule has 0 unspecified atom stereocenters. The lowest BCUT2D eigenvalue weighted by Crippen LogP contribution is -2.25. The monoisotopic (exact) mass is 481 g/mol. The molecule has 0 spiro atoms. The van der Waals surface area contributed by atoms with Crippen LogP contribution in [0.1, 0.15) is 21.5 Å². The molecule has 10 heteroatoms. The maximum absolute atomic E-state index is 13.0. The Hall–Kier alpha value is -4.81. The van der Waals surface area contributed by atoms with Crippen molar-refractivity contribution in [2.75, 3.05) is 5.32 Å². The number of H-pyrrole nitrogens is 1. The van der Waals surface area contributed by atoms with Crippen molar-refractivity contribution in [3.8, 4) is 23.3 Å². The molecule has 35 heavy (non-hydrogen) atoms. The number of nitrogens with one attached hydrogen (secondary N) is 2. The van der Waals surface area contributed by atoms with E-state index < -0.39 is 11.5 Å². The van der Waals surface area contributed by atoms with Crippen molar-refractivity contribution < 1.29 is 4.79 Å². The molecule has 5 aromatic rings. The van der Waals surface area contributed by atoms with E-state index in [0.29, 0.717) is 22.2 Å². The van der Waals surface area contributed by atoms with Crippen LogP contribution in [0.15, 0.2) is 71.8 Å². The van der Waals surface area contributed by atoms with E-state index in [1.165, 1.54) is 17.1 Å². The summed E-state index contributed by atoms with van der Waals surface area (Å²) >= 11 is 5.90. The number of anilines is 1. The minimum absolute atomic E-state index is 0.0980. The minimum Gasteiger partial charge on any atom is -0.306 e. The first-order chi connectivity index (χ1) is 16.9. The SMILES string of the molecule is Cc1cc(-n2ncc(C#N)c2NC(=O)c2cnc(-c3ccc(Cl)cc3)[nH]c2=O)nc2ccccc12. The predicted octanol–water partition coefficient (Wildman–Crippen LogP) is 4.26. The number of aryl methyl sites for hydroxylation is 1. The second-order valence-electron chi connectivity index (χ2n) is 7.68. The summed E-state index contributed by atoms with van der Waals surface area (Å²) in [7, 11) is 0. The smallest absolute Gasteiger partial charge is 0.264 e. The van der Waals surface area contributed by atoms with E-state index in [-0.39, 0.29) is 16.9 Å². The lowest BCUT2D eigenvalue weighted by Gasteiger charge is -2.11. The van der Waals surface area contributed by atoms with Crippen LogP contribution in [0.5, 0.6) is 0 Å². The number of hydrogen-bond acceptors (Lipinski definition) is 6. The van der Waals surface area contributed by atoms with Crippen LogP contribution >= 0.6 is 11.6 Å². The average molecular weight is 482 g/mol. The number of fused-ring (bicyclic) bond motifs is 1. The molecule has 9 nitrogen and oxygen atoms in total. The van der Waals surface area contributed by atoms with Gasteiger partial charge >= 0.3 is 0 Å². The molecule has 1 amide bonds. The summed E-state index contributed by atoms with van der Waals surface area (Å²) in [6.07, 6.45) is 2.51. The summed E-state index contributed by atoms with van der Waals surface area (Å²) in [5, 5.41) is 18.0. The second kappa shape index (κ2) is 8.85. The van der Waals surface area contributed by atoms with Crippen LogP contribution in [0.2, 0.25) is 5.02 Å². The Kier molecular flexibility index (Phi) is 5.57. The first-order valence-corrected chi connectivity index (χ1v) is 10.8. The van der Waals surface area contributed by atoms with Gasteiger partial charge in [-0.1, -0.05) is 29.8 Å². The first-order valence-electron chi connectivity index (χ1n) is 10.5. The Morgan fingerprint density at radius 3 is 2.66 bits per heavy atom. The molecule has 3 aromatic heterocycles. The van der Waals surface area contributed by atoms with Crippen molar-refractivity contribution in [2.45, 2.75) is 6.92 Å². The van der Waals surface area contributed by atoms with E-state index >= 15 is 0 Å². The Bertz CT molecular complexity index is 1700. The van der Waals surface area contributed by atoms with Gasteiger partial charge < -0.3 is 10.3 Å². The standard InChI is InChI=1S/C25H16ClN7O2/c1-14-10-21(30-20-5-3-2-4-18(14)20)33-23(16(11-27)12-29-33)32-25(35)19-13-28-22(31-24(19)34)15-6-8-17(26)9-7-15/h2-10,12-13H,1H3,(H,32,35)(H,28,31,34). The molecule has 0 saturated carbocycles. The number of hydrogen-bond donors (Lipinski definition) is 2. The minimum atomic E-state index is -0.739. The van der Waals surface area contributed by atoms with Crippen LogP contribution in [0.4, 0.5) is 5.82 Å². The molecule has 0 fully saturated rings. The molecule has 0 aliphatic rings. The van der Waals surface area contributed by atoms with Gasteiger partial charge in [-0.2, -0.15) is 15.0 Å². The van der Waals surface area contributed by atoms with E-state index in [1.54, 1.807) is 30.3 Å². The number of nitrogens with zero attached hydrogens (tertiary/aromatic N) is 5. The van der Waals surface area contributed by atoms with Crippen LogP contribution in [-0.2, 0) is 0 Å². The number of para-hydroxylation sites is 1. The third-order valence-electron chi connectivity index (χ3n) is 5.41. The Labute approximate surface area is 203 Å². The largest absolute Gasteiger partial charge is 0.306 e. The molecule has 3 heterocycles. The van der Waals surface area contributed by atoms with Gasteiger partial charge in [-0.05, 0) is 48.9 Å². The molecule has 170 valence electrons. The number of benzene rings is 2. The molecule has 0 bridgehead atoms. The number of carbonyl (C=O) groups is 1. The Morgan fingerprint density at radius 2 is 1.91 bits per heavy atom.